The Morgan fingerprint density at radius 2 is 1.58 bits per heavy atom. The van der Waals surface area contributed by atoms with Crippen molar-refractivity contribution in [3.05, 3.63) is 93.0 Å². The number of halogens is 4. The zero-order valence-corrected chi connectivity index (χ0v) is 26.8. The van der Waals surface area contributed by atoms with Gasteiger partial charge in [-0.1, -0.05) is 24.3 Å². The molecule has 0 radical (unpaired) electrons. The molecular formula is C32H31BrF3N3O6. The van der Waals surface area contributed by atoms with Gasteiger partial charge in [0.05, 0.1) is 36.0 Å². The van der Waals surface area contributed by atoms with E-state index in [0.717, 1.165) is 0 Å². The summed E-state index contributed by atoms with van der Waals surface area (Å²) in [6.45, 7) is 5.00. The number of hydrogen-bond donors (Lipinski definition) is 0. The number of esters is 1. The molecule has 0 bridgehead atoms. The minimum Gasteiger partial charge on any atom is -0.458 e. The SMILES string of the molecule is CC(C)OC(=O)c1ncc(Cc2ccc(F)cc2)c(Br)c1N(CC(F)(F)CN1C(=O)c2ccccc2C1=O)C(=O)OC(C)(C)C. The van der Waals surface area contributed by atoms with Crippen LogP contribution in [0, 0.1) is 5.82 Å². The molecule has 0 unspecified atom stereocenters. The Morgan fingerprint density at radius 3 is 2.11 bits per heavy atom. The molecular weight excluding hydrogens is 659 g/mol. The van der Waals surface area contributed by atoms with E-state index in [2.05, 4.69) is 20.9 Å². The average molecular weight is 691 g/mol. The maximum Gasteiger partial charge on any atom is 0.415 e. The summed E-state index contributed by atoms with van der Waals surface area (Å²) in [4.78, 5) is 57.7. The van der Waals surface area contributed by atoms with Crippen LogP contribution in [-0.4, -0.2) is 64.5 Å². The number of benzene rings is 2. The average Bonchev–Trinajstić information content (AvgIpc) is 3.17. The number of rotatable bonds is 9. The van der Waals surface area contributed by atoms with Crippen molar-refractivity contribution in [1.29, 1.82) is 0 Å². The number of anilines is 1. The molecule has 0 atom stereocenters. The van der Waals surface area contributed by atoms with Crippen LogP contribution >= 0.6 is 15.9 Å². The molecule has 2 aromatic carbocycles. The second-order valence-electron chi connectivity index (χ2n) is 11.7. The standard InChI is InChI=1S/C32H31BrF3N3O6/c1-18(2)44-29(42)25-26(24(33)20(15-37-25)14-19-10-12-21(34)13-11-19)38(30(43)45-31(3,4)5)16-32(35,36)17-39-27(40)22-8-6-7-9-23(22)28(39)41/h6-13,15,18H,14,16-17H2,1-5H3. The Morgan fingerprint density at radius 1 is 1.00 bits per heavy atom. The van der Waals surface area contributed by atoms with Gasteiger partial charge in [0.15, 0.2) is 5.69 Å². The van der Waals surface area contributed by atoms with Gasteiger partial charge in [-0.15, -0.1) is 0 Å². The Balaban J connectivity index is 1.79. The number of amides is 3. The molecule has 0 saturated carbocycles. The molecule has 3 aromatic rings. The first kappa shape index (κ1) is 33.6. The van der Waals surface area contributed by atoms with Crippen molar-refractivity contribution in [1.82, 2.24) is 9.88 Å². The predicted molar refractivity (Wildman–Crippen MR) is 162 cm³/mol. The molecule has 0 spiro atoms. The Labute approximate surface area is 266 Å². The maximum absolute atomic E-state index is 16.0. The molecule has 9 nitrogen and oxygen atoms in total. The summed E-state index contributed by atoms with van der Waals surface area (Å²) in [6, 6.07) is 11.3. The van der Waals surface area contributed by atoms with Gasteiger partial charge in [-0.25, -0.2) is 27.7 Å². The molecule has 4 rings (SSSR count). The van der Waals surface area contributed by atoms with E-state index >= 15 is 8.78 Å². The molecule has 0 fully saturated rings. The van der Waals surface area contributed by atoms with E-state index in [-0.39, 0.29) is 27.7 Å². The minimum absolute atomic E-state index is 0.0125. The van der Waals surface area contributed by atoms with E-state index in [9.17, 15) is 23.6 Å². The lowest BCUT2D eigenvalue weighted by atomic mass is 10.0. The first-order valence-corrected chi connectivity index (χ1v) is 14.7. The molecule has 0 N–H and O–H groups in total. The lowest BCUT2D eigenvalue weighted by Crippen LogP contribution is -2.50. The van der Waals surface area contributed by atoms with Gasteiger partial charge in [0.25, 0.3) is 17.7 Å². The molecule has 1 aliphatic rings. The van der Waals surface area contributed by atoms with Crippen molar-refractivity contribution in [3.8, 4) is 0 Å². The molecule has 3 amide bonds. The smallest absolute Gasteiger partial charge is 0.415 e. The van der Waals surface area contributed by atoms with Crippen molar-refractivity contribution in [3.63, 3.8) is 0 Å². The number of carbonyl (C=O) groups excluding carboxylic acids is 4. The number of alkyl halides is 2. The molecule has 2 heterocycles. The van der Waals surface area contributed by atoms with Crippen LogP contribution in [0.3, 0.4) is 0 Å². The van der Waals surface area contributed by atoms with E-state index < -0.39 is 66.1 Å². The highest BCUT2D eigenvalue weighted by Crippen LogP contribution is 2.37. The lowest BCUT2D eigenvalue weighted by molar-refractivity contribution is -0.0182. The van der Waals surface area contributed by atoms with Crippen LogP contribution in [0.2, 0.25) is 0 Å². The first-order valence-electron chi connectivity index (χ1n) is 13.9. The highest BCUT2D eigenvalue weighted by Gasteiger charge is 2.45. The number of ether oxygens (including phenoxy) is 2. The van der Waals surface area contributed by atoms with Crippen molar-refractivity contribution < 1.29 is 41.8 Å². The summed E-state index contributed by atoms with van der Waals surface area (Å²) in [5, 5.41) is 0. The number of nitrogens with zero attached hydrogens (tertiary/aromatic N) is 3. The highest BCUT2D eigenvalue weighted by molar-refractivity contribution is 9.10. The molecule has 0 saturated heterocycles. The molecule has 0 aliphatic carbocycles. The molecule has 13 heteroatoms. The number of pyridine rings is 1. The molecule has 1 aliphatic heterocycles. The van der Waals surface area contributed by atoms with Crippen LogP contribution in [0.5, 0.6) is 0 Å². The van der Waals surface area contributed by atoms with Crippen molar-refractivity contribution in [2.45, 2.75) is 58.7 Å². The largest absolute Gasteiger partial charge is 0.458 e. The lowest BCUT2D eigenvalue weighted by Gasteiger charge is -2.32. The second kappa shape index (κ2) is 13.0. The van der Waals surface area contributed by atoms with Crippen LogP contribution in [0.1, 0.15) is 77.0 Å². The fourth-order valence-corrected chi connectivity index (χ4v) is 5.22. The predicted octanol–water partition coefficient (Wildman–Crippen LogP) is 6.81. The van der Waals surface area contributed by atoms with Gasteiger partial charge in [0.2, 0.25) is 0 Å². The van der Waals surface area contributed by atoms with E-state index in [1.54, 1.807) is 13.8 Å². The topological polar surface area (TPSA) is 106 Å². The monoisotopic (exact) mass is 689 g/mol. The van der Waals surface area contributed by atoms with E-state index in [4.69, 9.17) is 9.47 Å². The molecule has 1 aromatic heterocycles. The normalized spacial score (nSPS) is 13.2. The van der Waals surface area contributed by atoms with Crippen LogP contribution in [0.4, 0.5) is 23.7 Å². The summed E-state index contributed by atoms with van der Waals surface area (Å²) in [7, 11) is 0. The summed E-state index contributed by atoms with van der Waals surface area (Å²) < 4.78 is 56.3. The van der Waals surface area contributed by atoms with Gasteiger partial charge in [-0.3, -0.25) is 19.4 Å². The van der Waals surface area contributed by atoms with Crippen LogP contribution < -0.4 is 4.90 Å². The Hall–Kier alpha value is -4.26. The fraction of sp³-hybridized carbons (Fsp3) is 0.344. The van der Waals surface area contributed by atoms with Gasteiger partial charge >= 0.3 is 12.1 Å². The van der Waals surface area contributed by atoms with Crippen LogP contribution in [0.25, 0.3) is 0 Å². The molecule has 45 heavy (non-hydrogen) atoms. The summed E-state index contributed by atoms with van der Waals surface area (Å²) in [5.41, 5.74) is -0.991. The second-order valence-corrected chi connectivity index (χ2v) is 12.5. The van der Waals surface area contributed by atoms with Crippen molar-refractivity contribution in [2.24, 2.45) is 0 Å². The van der Waals surface area contributed by atoms with E-state index in [1.807, 2.05) is 0 Å². The van der Waals surface area contributed by atoms with Gasteiger partial charge < -0.3 is 9.47 Å². The Bertz CT molecular complexity index is 1610. The van der Waals surface area contributed by atoms with Gasteiger partial charge in [0.1, 0.15) is 11.4 Å². The summed E-state index contributed by atoms with van der Waals surface area (Å²) >= 11 is 3.39. The van der Waals surface area contributed by atoms with Crippen molar-refractivity contribution in [2.75, 3.05) is 18.0 Å². The van der Waals surface area contributed by atoms with E-state index in [1.165, 1.54) is 75.5 Å². The van der Waals surface area contributed by atoms with Crippen LogP contribution in [0.15, 0.2) is 59.2 Å². The van der Waals surface area contributed by atoms with Gasteiger partial charge in [0, 0.05) is 17.1 Å². The van der Waals surface area contributed by atoms with E-state index in [0.29, 0.717) is 20.9 Å². The minimum atomic E-state index is -3.89. The van der Waals surface area contributed by atoms with Crippen LogP contribution in [-0.2, 0) is 15.9 Å². The fourth-order valence-electron chi connectivity index (χ4n) is 4.57. The highest BCUT2D eigenvalue weighted by atomic mass is 79.9. The van der Waals surface area contributed by atoms with Gasteiger partial charge in [-0.05, 0) is 85.9 Å². The third-order valence-corrected chi connectivity index (χ3v) is 7.33. The van der Waals surface area contributed by atoms with Crippen molar-refractivity contribution >= 4 is 45.5 Å². The van der Waals surface area contributed by atoms with Gasteiger partial charge in [-0.2, -0.15) is 0 Å². The summed E-state index contributed by atoms with van der Waals surface area (Å²) in [5.74, 6) is -7.14. The zero-order chi connectivity index (χ0) is 33.3. The number of fused-ring (bicyclic) bond motifs is 1. The summed E-state index contributed by atoms with van der Waals surface area (Å²) in [6.07, 6.45) is -0.425. The third-order valence-electron chi connectivity index (χ3n) is 6.45. The Kier molecular flexibility index (Phi) is 9.71. The maximum atomic E-state index is 16.0. The zero-order valence-electron chi connectivity index (χ0n) is 25.2. The number of aromatic nitrogens is 1. The number of carbonyl (C=O) groups is 4. The quantitative estimate of drug-likeness (QED) is 0.179. The molecule has 238 valence electrons. The number of imide groups is 1. The number of hydrogen-bond acceptors (Lipinski definition) is 7. The first-order chi connectivity index (χ1) is 21.0. The third kappa shape index (κ3) is 7.88.